The van der Waals surface area contributed by atoms with Crippen LogP contribution in [0.2, 0.25) is 0 Å². The Morgan fingerprint density at radius 1 is 1.00 bits per heavy atom. The summed E-state index contributed by atoms with van der Waals surface area (Å²) in [4.78, 5) is 8.50. The smallest absolute Gasteiger partial charge is 0.256 e. The lowest BCUT2D eigenvalue weighted by atomic mass is 9.99. The maximum atomic E-state index is 14.5. The normalized spacial score (nSPS) is 10.9. The lowest BCUT2D eigenvalue weighted by Crippen LogP contribution is -2.04. The molecule has 0 aliphatic heterocycles. The predicted octanol–water partition coefficient (Wildman–Crippen LogP) is 3.61. The molecule has 0 unspecified atom stereocenters. The fourth-order valence-electron chi connectivity index (χ4n) is 2.74. The first-order valence-corrected chi connectivity index (χ1v) is 7.37. The number of fused-ring (bicyclic) bond motifs is 1. The maximum Gasteiger partial charge on any atom is 0.256 e. The van der Waals surface area contributed by atoms with Crippen molar-refractivity contribution < 1.29 is 9.13 Å². The molecule has 0 bridgehead atoms. The molecule has 2 aromatic carbocycles. The number of hydrogen-bond acceptors (Lipinski definition) is 4. The standard InChI is InChI=1S/C18H13FN4O/c1-24-17-15(13-9-5-6-10-14(13)19)16(12-7-3-2-4-8-12)23-18(22-17)20-11-21-23/h2-11H,1H3. The number of methoxy groups -OCH3 is 1. The second kappa shape index (κ2) is 5.73. The molecule has 0 N–H and O–H groups in total. The van der Waals surface area contributed by atoms with Crippen LogP contribution in [0.1, 0.15) is 0 Å². The number of halogens is 1. The third kappa shape index (κ3) is 2.20. The van der Waals surface area contributed by atoms with Crippen LogP contribution in [-0.4, -0.2) is 26.7 Å². The van der Waals surface area contributed by atoms with E-state index < -0.39 is 0 Å². The highest BCUT2D eigenvalue weighted by atomic mass is 19.1. The van der Waals surface area contributed by atoms with Gasteiger partial charge in [-0.3, -0.25) is 0 Å². The number of aromatic nitrogens is 4. The van der Waals surface area contributed by atoms with Gasteiger partial charge in [-0.1, -0.05) is 48.5 Å². The predicted molar refractivity (Wildman–Crippen MR) is 88.2 cm³/mol. The van der Waals surface area contributed by atoms with E-state index in [2.05, 4.69) is 15.1 Å². The highest BCUT2D eigenvalue weighted by Crippen LogP contribution is 2.39. The third-order valence-corrected chi connectivity index (χ3v) is 3.78. The van der Waals surface area contributed by atoms with Crippen molar-refractivity contribution >= 4 is 5.78 Å². The molecule has 6 heteroatoms. The summed E-state index contributed by atoms with van der Waals surface area (Å²) in [6.07, 6.45) is 1.42. The Morgan fingerprint density at radius 2 is 1.75 bits per heavy atom. The van der Waals surface area contributed by atoms with Gasteiger partial charge in [0.05, 0.1) is 18.4 Å². The largest absolute Gasteiger partial charge is 0.480 e. The third-order valence-electron chi connectivity index (χ3n) is 3.78. The summed E-state index contributed by atoms with van der Waals surface area (Å²) in [7, 11) is 1.51. The van der Waals surface area contributed by atoms with Crippen molar-refractivity contribution in [1.29, 1.82) is 0 Å². The average Bonchev–Trinajstić information content (AvgIpc) is 3.09. The molecule has 0 atom stereocenters. The van der Waals surface area contributed by atoms with Gasteiger partial charge in [0, 0.05) is 11.1 Å². The zero-order valence-electron chi connectivity index (χ0n) is 12.8. The van der Waals surface area contributed by atoms with Gasteiger partial charge in [-0.25, -0.2) is 4.39 Å². The molecule has 24 heavy (non-hydrogen) atoms. The Kier molecular flexibility index (Phi) is 3.42. The van der Waals surface area contributed by atoms with Gasteiger partial charge < -0.3 is 4.74 Å². The molecule has 0 saturated carbocycles. The first-order valence-electron chi connectivity index (χ1n) is 7.37. The maximum absolute atomic E-state index is 14.5. The molecule has 0 spiro atoms. The molecule has 118 valence electrons. The van der Waals surface area contributed by atoms with Crippen LogP contribution in [-0.2, 0) is 0 Å². The van der Waals surface area contributed by atoms with Gasteiger partial charge in [0.2, 0.25) is 5.88 Å². The van der Waals surface area contributed by atoms with Crippen molar-refractivity contribution in [2.45, 2.75) is 0 Å². The summed E-state index contributed by atoms with van der Waals surface area (Å²) in [5.41, 5.74) is 2.49. The highest BCUT2D eigenvalue weighted by molar-refractivity contribution is 5.85. The van der Waals surface area contributed by atoms with Crippen LogP contribution in [0.5, 0.6) is 5.88 Å². The van der Waals surface area contributed by atoms with E-state index in [4.69, 9.17) is 4.74 Å². The van der Waals surface area contributed by atoms with E-state index in [1.54, 1.807) is 22.7 Å². The molecule has 0 fully saturated rings. The summed E-state index contributed by atoms with van der Waals surface area (Å²) in [6.45, 7) is 0. The number of ether oxygens (including phenoxy) is 1. The quantitative estimate of drug-likeness (QED) is 0.579. The van der Waals surface area contributed by atoms with Gasteiger partial charge in [0.25, 0.3) is 5.78 Å². The fraction of sp³-hybridized carbons (Fsp3) is 0.0556. The number of hydrogen-bond donors (Lipinski definition) is 0. The van der Waals surface area contributed by atoms with Crippen molar-refractivity contribution in [1.82, 2.24) is 19.6 Å². The summed E-state index contributed by atoms with van der Waals surface area (Å²) in [5.74, 6) is 0.347. The molecule has 2 heterocycles. The SMILES string of the molecule is COc1nc2ncnn2c(-c2ccccc2)c1-c1ccccc1F. The Morgan fingerprint density at radius 3 is 2.50 bits per heavy atom. The Balaban J connectivity index is 2.17. The van der Waals surface area contributed by atoms with Crippen LogP contribution >= 0.6 is 0 Å². The van der Waals surface area contributed by atoms with Gasteiger partial charge in [-0.15, -0.1) is 0 Å². The van der Waals surface area contributed by atoms with Crippen molar-refractivity contribution in [2.24, 2.45) is 0 Å². The molecule has 0 amide bonds. The molecule has 4 aromatic rings. The Hall–Kier alpha value is -3.28. The molecule has 2 aromatic heterocycles. The van der Waals surface area contributed by atoms with Gasteiger partial charge in [-0.05, 0) is 6.07 Å². The van der Waals surface area contributed by atoms with E-state index in [1.165, 1.54) is 19.5 Å². The molecular weight excluding hydrogens is 307 g/mol. The Bertz CT molecular complexity index is 1010. The fourth-order valence-corrected chi connectivity index (χ4v) is 2.74. The molecule has 0 radical (unpaired) electrons. The second-order valence-electron chi connectivity index (χ2n) is 5.16. The first-order chi connectivity index (χ1) is 11.8. The Labute approximate surface area is 137 Å². The van der Waals surface area contributed by atoms with Gasteiger partial charge >= 0.3 is 0 Å². The summed E-state index contributed by atoms with van der Waals surface area (Å²) in [5, 5.41) is 4.25. The number of nitrogens with zero attached hydrogens (tertiary/aromatic N) is 4. The van der Waals surface area contributed by atoms with Crippen LogP contribution < -0.4 is 4.74 Å². The number of rotatable bonds is 3. The molecule has 0 saturated heterocycles. The van der Waals surface area contributed by atoms with Crippen LogP contribution in [0.15, 0.2) is 60.9 Å². The monoisotopic (exact) mass is 320 g/mol. The van der Waals surface area contributed by atoms with Gasteiger partial charge in [-0.2, -0.15) is 19.6 Å². The zero-order chi connectivity index (χ0) is 16.5. The van der Waals surface area contributed by atoms with Crippen LogP contribution in [0, 0.1) is 5.82 Å². The molecule has 0 aliphatic carbocycles. The second-order valence-corrected chi connectivity index (χ2v) is 5.16. The summed E-state index contributed by atoms with van der Waals surface area (Å²) < 4.78 is 21.5. The van der Waals surface area contributed by atoms with Crippen molar-refractivity contribution in [3.05, 3.63) is 66.7 Å². The average molecular weight is 320 g/mol. The lowest BCUT2D eigenvalue weighted by molar-refractivity contribution is 0.399. The minimum atomic E-state index is -0.353. The van der Waals surface area contributed by atoms with E-state index in [0.29, 0.717) is 28.5 Å². The molecule has 0 aliphatic rings. The summed E-state index contributed by atoms with van der Waals surface area (Å²) in [6, 6.07) is 16.1. The van der Waals surface area contributed by atoms with Crippen LogP contribution in [0.25, 0.3) is 28.2 Å². The van der Waals surface area contributed by atoms with Crippen molar-refractivity contribution in [2.75, 3.05) is 7.11 Å². The minimum absolute atomic E-state index is 0.305. The minimum Gasteiger partial charge on any atom is -0.480 e. The summed E-state index contributed by atoms with van der Waals surface area (Å²) >= 11 is 0. The van der Waals surface area contributed by atoms with E-state index in [0.717, 1.165) is 5.56 Å². The van der Waals surface area contributed by atoms with E-state index >= 15 is 0 Å². The topological polar surface area (TPSA) is 52.3 Å². The number of benzene rings is 2. The van der Waals surface area contributed by atoms with Crippen molar-refractivity contribution in [3.63, 3.8) is 0 Å². The van der Waals surface area contributed by atoms with Gasteiger partial charge in [0.15, 0.2) is 0 Å². The lowest BCUT2D eigenvalue weighted by Gasteiger charge is -2.15. The van der Waals surface area contributed by atoms with Gasteiger partial charge in [0.1, 0.15) is 12.1 Å². The van der Waals surface area contributed by atoms with E-state index in [-0.39, 0.29) is 5.82 Å². The molecule has 4 rings (SSSR count). The van der Waals surface area contributed by atoms with E-state index in [9.17, 15) is 4.39 Å². The van der Waals surface area contributed by atoms with Crippen LogP contribution in [0.3, 0.4) is 0 Å². The van der Waals surface area contributed by atoms with E-state index in [1.807, 2.05) is 30.3 Å². The highest BCUT2D eigenvalue weighted by Gasteiger charge is 2.22. The molecular formula is C18H13FN4O. The van der Waals surface area contributed by atoms with Crippen molar-refractivity contribution in [3.8, 4) is 28.3 Å². The zero-order valence-corrected chi connectivity index (χ0v) is 12.8. The first kappa shape index (κ1) is 14.3. The van der Waals surface area contributed by atoms with Crippen LogP contribution in [0.4, 0.5) is 4.39 Å². The molecule has 5 nitrogen and oxygen atoms in total.